The fraction of sp³-hybridized carbons (Fsp3) is 0.562. The van der Waals surface area contributed by atoms with Gasteiger partial charge in [0.15, 0.2) is 5.96 Å². The number of halogens is 1. The number of aliphatic imine (C=N–C) groups is 1. The van der Waals surface area contributed by atoms with E-state index in [2.05, 4.69) is 57.9 Å². The lowest BCUT2D eigenvalue weighted by Crippen LogP contribution is -2.58. The predicted octanol–water partition coefficient (Wildman–Crippen LogP) is 3.78. The molecule has 1 aromatic rings. The molecule has 1 saturated carbocycles. The number of nitrogens with two attached hydrogens (primary N) is 1. The molecule has 0 amide bonds. The largest absolute Gasteiger partial charge is 0.369 e. The Morgan fingerprint density at radius 1 is 1.35 bits per heavy atom. The van der Waals surface area contributed by atoms with Crippen molar-refractivity contribution in [2.45, 2.75) is 38.6 Å². The summed E-state index contributed by atoms with van der Waals surface area (Å²) in [7, 11) is 0. The number of benzene rings is 1. The molecule has 1 spiro atoms. The van der Waals surface area contributed by atoms with Gasteiger partial charge in [0.05, 0.1) is 12.1 Å². The Morgan fingerprint density at radius 2 is 2.15 bits per heavy atom. The molecular formula is C16H22BrN3. The molecule has 3 rings (SSSR count). The summed E-state index contributed by atoms with van der Waals surface area (Å²) in [6, 6.07) is 8.38. The summed E-state index contributed by atoms with van der Waals surface area (Å²) in [5.74, 6) is 2.02. The molecule has 0 saturated heterocycles. The lowest BCUT2D eigenvalue weighted by Gasteiger charge is -2.48. The SMILES string of the molecule is CC1CCC(C)C2(CN=C(N)N2c2cccc(Br)c2)C1. The monoisotopic (exact) mass is 335 g/mol. The summed E-state index contributed by atoms with van der Waals surface area (Å²) in [6.07, 6.45) is 3.74. The highest BCUT2D eigenvalue weighted by atomic mass is 79.9. The van der Waals surface area contributed by atoms with Crippen molar-refractivity contribution in [1.82, 2.24) is 0 Å². The minimum Gasteiger partial charge on any atom is -0.369 e. The maximum Gasteiger partial charge on any atom is 0.196 e. The van der Waals surface area contributed by atoms with Crippen molar-refractivity contribution in [3.05, 3.63) is 28.7 Å². The van der Waals surface area contributed by atoms with Gasteiger partial charge in [0.2, 0.25) is 0 Å². The molecule has 0 bridgehead atoms. The Balaban J connectivity index is 2.03. The van der Waals surface area contributed by atoms with Crippen LogP contribution in [0.15, 0.2) is 33.7 Å². The van der Waals surface area contributed by atoms with Crippen LogP contribution in [0.5, 0.6) is 0 Å². The Hall–Kier alpha value is -1.03. The molecule has 2 aliphatic rings. The third-order valence-electron chi connectivity index (χ3n) is 4.97. The fourth-order valence-corrected chi connectivity index (χ4v) is 4.22. The number of anilines is 1. The average Bonchev–Trinajstić information content (AvgIpc) is 2.72. The van der Waals surface area contributed by atoms with Crippen molar-refractivity contribution in [1.29, 1.82) is 0 Å². The minimum absolute atomic E-state index is 0.0720. The molecule has 2 N–H and O–H groups in total. The first kappa shape index (κ1) is 13.9. The molecule has 3 nitrogen and oxygen atoms in total. The average molecular weight is 336 g/mol. The van der Waals surface area contributed by atoms with Gasteiger partial charge in [-0.1, -0.05) is 42.3 Å². The maximum absolute atomic E-state index is 6.23. The zero-order valence-electron chi connectivity index (χ0n) is 12.1. The first-order chi connectivity index (χ1) is 9.53. The number of hydrogen-bond donors (Lipinski definition) is 1. The number of rotatable bonds is 1. The van der Waals surface area contributed by atoms with Gasteiger partial charge in [-0.15, -0.1) is 0 Å². The summed E-state index contributed by atoms with van der Waals surface area (Å²) in [6.45, 7) is 5.53. The van der Waals surface area contributed by atoms with E-state index in [-0.39, 0.29) is 5.54 Å². The zero-order chi connectivity index (χ0) is 14.3. The van der Waals surface area contributed by atoms with E-state index in [4.69, 9.17) is 5.73 Å². The van der Waals surface area contributed by atoms with Gasteiger partial charge < -0.3 is 10.6 Å². The molecule has 1 aliphatic carbocycles. The first-order valence-corrected chi connectivity index (χ1v) is 8.18. The van der Waals surface area contributed by atoms with Gasteiger partial charge in [0, 0.05) is 10.2 Å². The summed E-state index contributed by atoms with van der Waals surface area (Å²) >= 11 is 3.56. The number of guanidine groups is 1. The molecule has 108 valence electrons. The second kappa shape index (κ2) is 5.06. The predicted molar refractivity (Wildman–Crippen MR) is 88.0 cm³/mol. The van der Waals surface area contributed by atoms with E-state index in [0.717, 1.165) is 22.6 Å². The van der Waals surface area contributed by atoms with Gasteiger partial charge in [-0.2, -0.15) is 0 Å². The van der Waals surface area contributed by atoms with Crippen LogP contribution in [0.2, 0.25) is 0 Å². The highest BCUT2D eigenvalue weighted by Crippen LogP contribution is 2.45. The van der Waals surface area contributed by atoms with E-state index in [0.29, 0.717) is 11.9 Å². The third kappa shape index (κ3) is 2.14. The van der Waals surface area contributed by atoms with Crippen molar-refractivity contribution < 1.29 is 0 Å². The van der Waals surface area contributed by atoms with Gasteiger partial charge in [0.25, 0.3) is 0 Å². The van der Waals surface area contributed by atoms with Crippen LogP contribution < -0.4 is 10.6 Å². The van der Waals surface area contributed by atoms with Crippen LogP contribution in [-0.4, -0.2) is 18.0 Å². The second-order valence-corrected chi connectivity index (χ2v) is 7.30. The normalized spacial score (nSPS) is 33.5. The van der Waals surface area contributed by atoms with E-state index in [1.54, 1.807) is 0 Å². The first-order valence-electron chi connectivity index (χ1n) is 7.38. The molecule has 3 atom stereocenters. The maximum atomic E-state index is 6.23. The van der Waals surface area contributed by atoms with Gasteiger partial charge in [0.1, 0.15) is 0 Å². The molecule has 0 radical (unpaired) electrons. The van der Waals surface area contributed by atoms with Crippen LogP contribution in [0.25, 0.3) is 0 Å². The van der Waals surface area contributed by atoms with Crippen LogP contribution in [-0.2, 0) is 0 Å². The Bertz CT molecular complexity index is 542. The van der Waals surface area contributed by atoms with Gasteiger partial charge in [-0.05, 0) is 42.9 Å². The van der Waals surface area contributed by atoms with Crippen LogP contribution in [0, 0.1) is 11.8 Å². The van der Waals surface area contributed by atoms with Crippen molar-refractivity contribution in [2.75, 3.05) is 11.4 Å². The number of hydrogen-bond acceptors (Lipinski definition) is 3. The van der Waals surface area contributed by atoms with E-state index in [1.807, 2.05) is 6.07 Å². The highest BCUT2D eigenvalue weighted by Gasteiger charge is 2.49. The highest BCUT2D eigenvalue weighted by molar-refractivity contribution is 9.10. The fourth-order valence-electron chi connectivity index (χ4n) is 3.83. The summed E-state index contributed by atoms with van der Waals surface area (Å²) < 4.78 is 1.08. The van der Waals surface area contributed by atoms with Crippen molar-refractivity contribution in [2.24, 2.45) is 22.6 Å². The Morgan fingerprint density at radius 3 is 2.90 bits per heavy atom. The minimum atomic E-state index is 0.0720. The standard InChI is InChI=1S/C16H22BrN3/c1-11-6-7-12(2)16(9-11)10-19-15(18)20(16)14-5-3-4-13(17)8-14/h3-5,8,11-12H,6-7,9-10H2,1-2H3,(H2,18,19). The lowest BCUT2D eigenvalue weighted by atomic mass is 9.69. The van der Waals surface area contributed by atoms with Crippen LogP contribution in [0.1, 0.15) is 33.1 Å². The third-order valence-corrected chi connectivity index (χ3v) is 5.46. The van der Waals surface area contributed by atoms with E-state index >= 15 is 0 Å². The van der Waals surface area contributed by atoms with Crippen LogP contribution in [0.3, 0.4) is 0 Å². The van der Waals surface area contributed by atoms with Crippen molar-refractivity contribution in [3.8, 4) is 0 Å². The van der Waals surface area contributed by atoms with Crippen LogP contribution >= 0.6 is 15.9 Å². The number of nitrogens with zero attached hydrogens (tertiary/aromatic N) is 2. The Kier molecular flexibility index (Phi) is 3.53. The zero-order valence-corrected chi connectivity index (χ0v) is 13.7. The van der Waals surface area contributed by atoms with Gasteiger partial charge in [-0.3, -0.25) is 4.99 Å². The summed E-state index contributed by atoms with van der Waals surface area (Å²) in [5.41, 5.74) is 7.46. The van der Waals surface area contributed by atoms with Gasteiger partial charge in [-0.25, -0.2) is 0 Å². The molecular weight excluding hydrogens is 314 g/mol. The second-order valence-electron chi connectivity index (χ2n) is 6.38. The smallest absolute Gasteiger partial charge is 0.196 e. The van der Waals surface area contributed by atoms with Crippen molar-refractivity contribution >= 4 is 27.6 Å². The van der Waals surface area contributed by atoms with E-state index < -0.39 is 0 Å². The van der Waals surface area contributed by atoms with E-state index in [9.17, 15) is 0 Å². The molecule has 1 heterocycles. The summed E-state index contributed by atoms with van der Waals surface area (Å²) in [4.78, 5) is 6.88. The molecule has 1 aromatic carbocycles. The van der Waals surface area contributed by atoms with Crippen LogP contribution in [0.4, 0.5) is 5.69 Å². The van der Waals surface area contributed by atoms with Gasteiger partial charge >= 0.3 is 0 Å². The van der Waals surface area contributed by atoms with E-state index in [1.165, 1.54) is 19.3 Å². The molecule has 1 fully saturated rings. The Labute approximate surface area is 129 Å². The molecule has 3 unspecified atom stereocenters. The summed E-state index contributed by atoms with van der Waals surface area (Å²) in [5, 5.41) is 0. The lowest BCUT2D eigenvalue weighted by molar-refractivity contribution is 0.178. The van der Waals surface area contributed by atoms with Crippen molar-refractivity contribution in [3.63, 3.8) is 0 Å². The topological polar surface area (TPSA) is 41.6 Å². The quantitative estimate of drug-likeness (QED) is 0.848. The molecule has 0 aromatic heterocycles. The molecule has 1 aliphatic heterocycles. The molecule has 20 heavy (non-hydrogen) atoms. The molecule has 4 heteroatoms.